The maximum atomic E-state index is 14.2. The summed E-state index contributed by atoms with van der Waals surface area (Å²) in [5, 5.41) is 10.7. The molecule has 1 aliphatic carbocycles. The zero-order chi connectivity index (χ0) is 20.8. The van der Waals surface area contributed by atoms with E-state index in [4.69, 9.17) is 0 Å². The molecule has 2 aromatic rings. The van der Waals surface area contributed by atoms with Gasteiger partial charge in [0.05, 0.1) is 17.9 Å². The van der Waals surface area contributed by atoms with E-state index in [-0.39, 0.29) is 24.1 Å². The van der Waals surface area contributed by atoms with Crippen molar-refractivity contribution in [2.75, 3.05) is 11.9 Å². The van der Waals surface area contributed by atoms with E-state index in [1.54, 1.807) is 0 Å². The van der Waals surface area contributed by atoms with Gasteiger partial charge in [0, 0.05) is 12.5 Å². The molecule has 2 aromatic carbocycles. The molecule has 3 aliphatic rings. The van der Waals surface area contributed by atoms with E-state index in [1.165, 1.54) is 11.1 Å². The number of halogens is 2. The predicted molar refractivity (Wildman–Crippen MR) is 106 cm³/mol. The Hall–Kier alpha value is -3.49. The number of urea groups is 1. The summed E-state index contributed by atoms with van der Waals surface area (Å²) >= 11 is 0. The number of benzene rings is 2. The minimum Gasteiger partial charge on any atom is -0.324 e. The largest absolute Gasteiger partial charge is 0.338 e. The summed E-state index contributed by atoms with van der Waals surface area (Å²) in [6, 6.07) is 10.4. The Kier molecular flexibility index (Phi) is 4.38. The molecule has 3 atom stereocenters. The molecule has 0 bridgehead atoms. The monoisotopic (exact) mass is 411 g/mol. The van der Waals surface area contributed by atoms with E-state index < -0.39 is 29.6 Å². The highest BCUT2D eigenvalue weighted by Crippen LogP contribution is 2.54. The van der Waals surface area contributed by atoms with Crippen LogP contribution in [0, 0.1) is 17.6 Å². The molecule has 3 N–H and O–H groups in total. The number of hydrogen-bond donors (Lipinski definition) is 3. The van der Waals surface area contributed by atoms with Crippen molar-refractivity contribution in [1.82, 2.24) is 15.9 Å². The third-order valence-electron chi connectivity index (χ3n) is 5.73. The average Bonchev–Trinajstić information content (AvgIpc) is 3.39. The van der Waals surface area contributed by atoms with Crippen LogP contribution in [-0.2, 0) is 11.2 Å². The number of nitrogens with one attached hydrogen (secondary N) is 3. The molecule has 7 nitrogen and oxygen atoms in total. The van der Waals surface area contributed by atoms with Gasteiger partial charge in [-0.2, -0.15) is 5.10 Å². The summed E-state index contributed by atoms with van der Waals surface area (Å²) in [7, 11) is 0. The lowest BCUT2D eigenvalue weighted by atomic mass is 10.1. The van der Waals surface area contributed by atoms with Crippen molar-refractivity contribution >= 4 is 23.3 Å². The number of carbonyl (C=O) groups is 2. The molecular weight excluding hydrogens is 392 g/mol. The first-order valence-electron chi connectivity index (χ1n) is 9.72. The second-order valence-electron chi connectivity index (χ2n) is 7.80. The SMILES string of the molecule is O=C1Nc2c(F)cc(F)cc2[C@H]2C[C@H]2[C@H]1NC(=O)N1CC(Cc2ccccc2)=NN1. The Bertz CT molecular complexity index is 1060. The van der Waals surface area contributed by atoms with Crippen molar-refractivity contribution in [3.63, 3.8) is 0 Å². The summed E-state index contributed by atoms with van der Waals surface area (Å²) in [5.74, 6) is -2.38. The molecule has 3 amide bonds. The zero-order valence-electron chi connectivity index (χ0n) is 15.9. The summed E-state index contributed by atoms with van der Waals surface area (Å²) in [6.45, 7) is 0.281. The predicted octanol–water partition coefficient (Wildman–Crippen LogP) is 2.52. The molecule has 9 heteroatoms. The number of amides is 3. The van der Waals surface area contributed by atoms with Crippen molar-refractivity contribution in [2.24, 2.45) is 11.0 Å². The maximum absolute atomic E-state index is 14.2. The Balaban J connectivity index is 1.24. The van der Waals surface area contributed by atoms with E-state index in [9.17, 15) is 18.4 Å². The molecule has 1 fully saturated rings. The van der Waals surface area contributed by atoms with Crippen LogP contribution in [0.1, 0.15) is 23.5 Å². The van der Waals surface area contributed by atoms with Gasteiger partial charge in [-0.25, -0.2) is 24.1 Å². The summed E-state index contributed by atoms with van der Waals surface area (Å²) in [6.07, 6.45) is 1.18. The van der Waals surface area contributed by atoms with Crippen LogP contribution in [0.3, 0.4) is 0 Å². The van der Waals surface area contributed by atoms with Crippen molar-refractivity contribution < 1.29 is 18.4 Å². The molecule has 0 unspecified atom stereocenters. The van der Waals surface area contributed by atoms with Crippen LogP contribution >= 0.6 is 0 Å². The third kappa shape index (κ3) is 3.36. The molecular formula is C21H19F2N5O2. The molecule has 0 saturated heterocycles. The standard InChI is InChI=1S/C21H19F2N5O2/c22-12-7-15-14-9-16(14)19(20(29)24-18(15)17(23)8-12)25-21(30)28-10-13(26-27-28)6-11-4-2-1-3-5-11/h1-5,7-8,14,16,19,27H,6,9-10H2,(H,24,29)(H,25,30)/t14-,16-,19-/m1/s1. The quantitative estimate of drug-likeness (QED) is 0.726. The molecule has 2 aliphatic heterocycles. The molecule has 1 saturated carbocycles. The topological polar surface area (TPSA) is 85.8 Å². The van der Waals surface area contributed by atoms with Crippen molar-refractivity contribution in [3.05, 3.63) is 65.2 Å². The van der Waals surface area contributed by atoms with E-state index in [2.05, 4.69) is 21.3 Å². The van der Waals surface area contributed by atoms with Gasteiger partial charge in [0.25, 0.3) is 0 Å². The summed E-state index contributed by atoms with van der Waals surface area (Å²) in [4.78, 5) is 25.3. The van der Waals surface area contributed by atoms with Gasteiger partial charge in [-0.15, -0.1) is 0 Å². The second kappa shape index (κ2) is 7.08. The van der Waals surface area contributed by atoms with Crippen LogP contribution in [0.15, 0.2) is 47.6 Å². The van der Waals surface area contributed by atoms with Gasteiger partial charge >= 0.3 is 6.03 Å². The Morgan fingerprint density at radius 3 is 2.83 bits per heavy atom. The van der Waals surface area contributed by atoms with E-state index in [0.717, 1.165) is 17.3 Å². The Labute approximate surface area is 171 Å². The first-order chi connectivity index (χ1) is 14.5. The zero-order valence-corrected chi connectivity index (χ0v) is 15.9. The first-order valence-corrected chi connectivity index (χ1v) is 9.72. The van der Waals surface area contributed by atoms with Gasteiger partial charge in [0.15, 0.2) is 0 Å². The van der Waals surface area contributed by atoms with Crippen molar-refractivity contribution in [2.45, 2.75) is 24.8 Å². The van der Waals surface area contributed by atoms with Crippen LogP contribution in [0.4, 0.5) is 19.3 Å². The smallest absolute Gasteiger partial charge is 0.324 e. The van der Waals surface area contributed by atoms with E-state index >= 15 is 0 Å². The highest BCUT2D eigenvalue weighted by molar-refractivity contribution is 6.00. The number of hydrogen-bond acceptors (Lipinski definition) is 4. The number of carbonyl (C=O) groups excluding carboxylic acids is 2. The lowest BCUT2D eigenvalue weighted by Crippen LogP contribution is -2.52. The fraction of sp³-hybridized carbons (Fsp3) is 0.286. The van der Waals surface area contributed by atoms with Crippen molar-refractivity contribution in [1.29, 1.82) is 0 Å². The average molecular weight is 411 g/mol. The van der Waals surface area contributed by atoms with Gasteiger partial charge in [0.1, 0.15) is 17.7 Å². The molecule has 0 radical (unpaired) electrons. The number of nitrogens with zero attached hydrogens (tertiary/aromatic N) is 2. The number of hydrazine groups is 1. The number of anilines is 1. The van der Waals surface area contributed by atoms with Crippen LogP contribution in [0.5, 0.6) is 0 Å². The van der Waals surface area contributed by atoms with Crippen LogP contribution < -0.4 is 16.2 Å². The van der Waals surface area contributed by atoms with E-state index in [0.29, 0.717) is 18.4 Å². The molecule has 154 valence electrons. The maximum Gasteiger partial charge on any atom is 0.338 e. The highest BCUT2D eigenvalue weighted by atomic mass is 19.1. The molecule has 30 heavy (non-hydrogen) atoms. The van der Waals surface area contributed by atoms with Crippen LogP contribution in [0.2, 0.25) is 0 Å². The fourth-order valence-corrected chi connectivity index (χ4v) is 4.17. The lowest BCUT2D eigenvalue weighted by molar-refractivity contribution is -0.118. The van der Waals surface area contributed by atoms with Crippen LogP contribution in [0.25, 0.3) is 0 Å². The van der Waals surface area contributed by atoms with E-state index in [1.807, 2.05) is 30.3 Å². The number of hydrazone groups is 1. The molecule has 0 spiro atoms. The van der Waals surface area contributed by atoms with Gasteiger partial charge in [-0.1, -0.05) is 30.3 Å². The minimum atomic E-state index is -0.836. The highest BCUT2D eigenvalue weighted by Gasteiger charge is 2.51. The normalized spacial score (nSPS) is 24.1. The van der Waals surface area contributed by atoms with Gasteiger partial charge < -0.3 is 10.6 Å². The number of fused-ring (bicyclic) bond motifs is 3. The van der Waals surface area contributed by atoms with Gasteiger partial charge in [-0.05, 0) is 35.4 Å². The van der Waals surface area contributed by atoms with Gasteiger partial charge in [-0.3, -0.25) is 4.79 Å². The number of rotatable bonds is 3. The Morgan fingerprint density at radius 1 is 1.23 bits per heavy atom. The second-order valence-corrected chi connectivity index (χ2v) is 7.80. The third-order valence-corrected chi connectivity index (χ3v) is 5.73. The molecule has 5 rings (SSSR count). The molecule has 2 heterocycles. The first kappa shape index (κ1) is 18.5. The van der Waals surface area contributed by atoms with Crippen LogP contribution in [-0.4, -0.2) is 35.2 Å². The summed E-state index contributed by atoms with van der Waals surface area (Å²) < 4.78 is 27.8. The minimum absolute atomic E-state index is 0.00146. The van der Waals surface area contributed by atoms with Gasteiger partial charge in [0.2, 0.25) is 5.91 Å². The lowest BCUT2D eigenvalue weighted by Gasteiger charge is -2.21. The van der Waals surface area contributed by atoms with Crippen molar-refractivity contribution in [3.8, 4) is 0 Å². The Morgan fingerprint density at radius 2 is 2.03 bits per heavy atom. The fourth-order valence-electron chi connectivity index (χ4n) is 4.17. The molecule has 0 aromatic heterocycles. The summed E-state index contributed by atoms with van der Waals surface area (Å²) in [5.41, 5.74) is 4.98.